The zero-order valence-corrected chi connectivity index (χ0v) is 13.5. The molecule has 120 valence electrons. The fourth-order valence-electron chi connectivity index (χ4n) is 2.61. The third-order valence-corrected chi connectivity index (χ3v) is 4.30. The predicted molar refractivity (Wildman–Crippen MR) is 89.3 cm³/mol. The molecule has 0 spiro atoms. The van der Waals surface area contributed by atoms with E-state index < -0.39 is 0 Å². The van der Waals surface area contributed by atoms with Crippen LogP contribution in [0, 0.1) is 0 Å². The number of methoxy groups -OCH3 is 1. The molecule has 1 aliphatic heterocycles. The van der Waals surface area contributed by atoms with E-state index in [9.17, 15) is 4.79 Å². The van der Waals surface area contributed by atoms with E-state index in [0.717, 1.165) is 0 Å². The molecule has 6 heteroatoms. The van der Waals surface area contributed by atoms with E-state index in [4.69, 9.17) is 25.8 Å². The smallest absolute Gasteiger partial charge is 0.231 e. The van der Waals surface area contributed by atoms with Gasteiger partial charge in [0.05, 0.1) is 23.2 Å². The molecule has 4 rings (SSSR count). The minimum Gasteiger partial charge on any atom is -0.497 e. The second-order valence-electron chi connectivity index (χ2n) is 5.27. The lowest BCUT2D eigenvalue weighted by Crippen LogP contribution is -2.03. The van der Waals surface area contributed by atoms with Crippen molar-refractivity contribution in [3.05, 3.63) is 58.7 Å². The van der Waals surface area contributed by atoms with Gasteiger partial charge in [-0.15, -0.1) is 0 Å². The summed E-state index contributed by atoms with van der Waals surface area (Å²) < 4.78 is 15.8. The van der Waals surface area contributed by atoms with E-state index in [1.165, 1.54) is 6.20 Å². The summed E-state index contributed by atoms with van der Waals surface area (Å²) in [7, 11) is 1.57. The number of hydrogen-bond donors (Lipinski definition) is 0. The molecular formula is C18H12ClNO4. The Bertz CT molecular complexity index is 953. The number of nitrogens with zero attached hydrogens (tertiary/aromatic N) is 1. The average Bonchev–Trinajstić information content (AvgIpc) is 3.07. The number of aromatic nitrogens is 1. The molecule has 2 aromatic carbocycles. The fraction of sp³-hybridized carbons (Fsp3) is 0.111. The summed E-state index contributed by atoms with van der Waals surface area (Å²) in [6.45, 7) is 0.168. The van der Waals surface area contributed by atoms with Crippen molar-refractivity contribution in [3.63, 3.8) is 0 Å². The summed E-state index contributed by atoms with van der Waals surface area (Å²) in [5, 5.41) is 0.999. The van der Waals surface area contributed by atoms with Crippen LogP contribution in [0.4, 0.5) is 0 Å². The molecule has 0 bridgehead atoms. The van der Waals surface area contributed by atoms with Gasteiger partial charge in [0.25, 0.3) is 0 Å². The Kier molecular flexibility index (Phi) is 3.50. The highest BCUT2D eigenvalue weighted by Crippen LogP contribution is 2.38. The third kappa shape index (κ3) is 2.34. The number of hydrogen-bond acceptors (Lipinski definition) is 5. The van der Waals surface area contributed by atoms with Crippen molar-refractivity contribution < 1.29 is 19.0 Å². The molecule has 0 amide bonds. The number of carbonyl (C=O) groups excluding carboxylic acids is 1. The first-order valence-electron chi connectivity index (χ1n) is 7.24. The van der Waals surface area contributed by atoms with Gasteiger partial charge >= 0.3 is 0 Å². The summed E-state index contributed by atoms with van der Waals surface area (Å²) in [6, 6.07) is 10.4. The molecule has 5 nitrogen and oxygen atoms in total. The maximum Gasteiger partial charge on any atom is 0.231 e. The predicted octanol–water partition coefficient (Wildman–Crippen LogP) is 3.86. The first-order valence-corrected chi connectivity index (χ1v) is 7.62. The lowest BCUT2D eigenvalue weighted by Gasteiger charge is -2.08. The van der Waals surface area contributed by atoms with E-state index in [-0.39, 0.29) is 12.6 Å². The first kappa shape index (κ1) is 14.8. The van der Waals surface area contributed by atoms with Crippen LogP contribution in [0.1, 0.15) is 15.9 Å². The second-order valence-corrected chi connectivity index (χ2v) is 5.64. The van der Waals surface area contributed by atoms with Crippen molar-refractivity contribution in [3.8, 4) is 17.2 Å². The van der Waals surface area contributed by atoms with Crippen molar-refractivity contribution in [1.29, 1.82) is 0 Å². The largest absolute Gasteiger partial charge is 0.497 e. The van der Waals surface area contributed by atoms with Crippen LogP contribution >= 0.6 is 11.6 Å². The topological polar surface area (TPSA) is 57.7 Å². The minimum atomic E-state index is -0.199. The number of fused-ring (bicyclic) bond motifs is 2. The van der Waals surface area contributed by atoms with Crippen molar-refractivity contribution in [2.24, 2.45) is 0 Å². The number of ether oxygens (including phenoxy) is 3. The van der Waals surface area contributed by atoms with E-state index >= 15 is 0 Å². The summed E-state index contributed by atoms with van der Waals surface area (Å²) in [6.07, 6.45) is 1.49. The Morgan fingerprint density at radius 2 is 1.88 bits per heavy atom. The molecular weight excluding hydrogens is 330 g/mol. The van der Waals surface area contributed by atoms with Crippen LogP contribution in [-0.2, 0) is 0 Å². The Hall–Kier alpha value is -2.79. The van der Waals surface area contributed by atoms with Gasteiger partial charge in [-0.1, -0.05) is 11.6 Å². The number of ketones is 1. The van der Waals surface area contributed by atoms with Crippen LogP contribution in [0.25, 0.3) is 10.9 Å². The Morgan fingerprint density at radius 1 is 1.17 bits per heavy atom. The molecule has 3 aromatic rings. The minimum absolute atomic E-state index is 0.168. The number of halogens is 1. The third-order valence-electron chi connectivity index (χ3n) is 3.89. The van der Waals surface area contributed by atoms with Gasteiger partial charge in [0.1, 0.15) is 5.75 Å². The fourth-order valence-corrected chi connectivity index (χ4v) is 2.89. The van der Waals surface area contributed by atoms with Gasteiger partial charge in [-0.2, -0.15) is 0 Å². The standard InChI is InChI=1S/C18H12ClNO4/c1-22-11-4-2-10(3-5-11)18(21)13-8-20-14-7-16-15(23-9-24-16)6-12(14)17(13)19/h2-8H,9H2,1H3. The highest BCUT2D eigenvalue weighted by Gasteiger charge is 2.20. The Balaban J connectivity index is 1.79. The van der Waals surface area contributed by atoms with Gasteiger partial charge < -0.3 is 14.2 Å². The van der Waals surface area contributed by atoms with Crippen LogP contribution in [0.5, 0.6) is 17.2 Å². The van der Waals surface area contributed by atoms with Crippen LogP contribution in [-0.4, -0.2) is 24.7 Å². The molecule has 0 N–H and O–H groups in total. The highest BCUT2D eigenvalue weighted by molar-refractivity contribution is 6.39. The van der Waals surface area contributed by atoms with Crippen molar-refractivity contribution in [2.45, 2.75) is 0 Å². The maximum absolute atomic E-state index is 12.7. The van der Waals surface area contributed by atoms with Gasteiger partial charge in [0, 0.05) is 23.2 Å². The van der Waals surface area contributed by atoms with Gasteiger partial charge in [0.2, 0.25) is 6.79 Å². The normalized spacial score (nSPS) is 12.4. The molecule has 24 heavy (non-hydrogen) atoms. The van der Waals surface area contributed by atoms with Crippen molar-refractivity contribution in [1.82, 2.24) is 4.98 Å². The molecule has 0 fully saturated rings. The average molecular weight is 342 g/mol. The van der Waals surface area contributed by atoms with Crippen LogP contribution in [0.15, 0.2) is 42.6 Å². The molecule has 0 aliphatic carbocycles. The number of benzene rings is 2. The lowest BCUT2D eigenvalue weighted by molar-refractivity contribution is 0.103. The SMILES string of the molecule is COc1ccc(C(=O)c2cnc3cc4c(cc3c2Cl)OCO4)cc1. The Labute approximate surface area is 142 Å². The quantitative estimate of drug-likeness (QED) is 0.677. The monoisotopic (exact) mass is 341 g/mol. The molecule has 0 unspecified atom stereocenters. The summed E-state index contributed by atoms with van der Waals surface area (Å²) >= 11 is 6.46. The summed E-state index contributed by atoms with van der Waals surface area (Å²) in [4.78, 5) is 17.1. The number of rotatable bonds is 3. The summed E-state index contributed by atoms with van der Waals surface area (Å²) in [5.74, 6) is 1.71. The van der Waals surface area contributed by atoms with Crippen LogP contribution in [0.3, 0.4) is 0 Å². The molecule has 1 aliphatic rings. The first-order chi connectivity index (χ1) is 11.7. The summed E-state index contributed by atoms with van der Waals surface area (Å²) in [5.41, 5.74) is 1.50. The second kappa shape index (κ2) is 5.69. The van der Waals surface area contributed by atoms with E-state index in [2.05, 4.69) is 4.98 Å². The van der Waals surface area contributed by atoms with E-state index in [0.29, 0.717) is 44.3 Å². The van der Waals surface area contributed by atoms with Crippen LogP contribution < -0.4 is 14.2 Å². The van der Waals surface area contributed by atoms with Crippen molar-refractivity contribution >= 4 is 28.3 Å². The van der Waals surface area contributed by atoms with E-state index in [1.54, 1.807) is 43.5 Å². The van der Waals surface area contributed by atoms with Gasteiger partial charge in [-0.25, -0.2) is 0 Å². The molecule has 0 saturated carbocycles. The molecule has 0 radical (unpaired) electrons. The van der Waals surface area contributed by atoms with Gasteiger partial charge in [0.15, 0.2) is 17.3 Å². The zero-order valence-electron chi connectivity index (χ0n) is 12.7. The maximum atomic E-state index is 12.7. The Morgan fingerprint density at radius 3 is 2.58 bits per heavy atom. The molecule has 0 saturated heterocycles. The van der Waals surface area contributed by atoms with Gasteiger partial charge in [-0.05, 0) is 30.3 Å². The molecule has 1 aromatic heterocycles. The molecule has 0 atom stereocenters. The van der Waals surface area contributed by atoms with Crippen molar-refractivity contribution in [2.75, 3.05) is 13.9 Å². The number of pyridine rings is 1. The number of carbonyl (C=O) groups is 1. The van der Waals surface area contributed by atoms with Gasteiger partial charge in [-0.3, -0.25) is 9.78 Å². The highest BCUT2D eigenvalue weighted by atomic mass is 35.5. The molecule has 2 heterocycles. The van der Waals surface area contributed by atoms with E-state index in [1.807, 2.05) is 0 Å². The lowest BCUT2D eigenvalue weighted by atomic mass is 10.0. The van der Waals surface area contributed by atoms with Crippen LogP contribution in [0.2, 0.25) is 5.02 Å². The zero-order chi connectivity index (χ0) is 16.7.